The number of nitrogens with one attached hydrogen (secondary N) is 1. The summed E-state index contributed by atoms with van der Waals surface area (Å²) >= 11 is 6.00. The monoisotopic (exact) mass is 314 g/mol. The van der Waals surface area contributed by atoms with Gasteiger partial charge in [-0.2, -0.15) is 0 Å². The molecule has 0 radical (unpaired) electrons. The number of nitrogens with zero attached hydrogens (tertiary/aromatic N) is 1. The van der Waals surface area contributed by atoms with Crippen molar-refractivity contribution < 1.29 is 19.4 Å². The Labute approximate surface area is 128 Å². The molecule has 0 unspecified atom stereocenters. The van der Waals surface area contributed by atoms with Gasteiger partial charge in [0.05, 0.1) is 17.8 Å². The van der Waals surface area contributed by atoms with Crippen LogP contribution in [0.4, 0.5) is 10.5 Å². The van der Waals surface area contributed by atoms with E-state index in [2.05, 4.69) is 5.32 Å². The Hall–Kier alpha value is -1.95. The van der Waals surface area contributed by atoms with Gasteiger partial charge in [0.15, 0.2) is 0 Å². The number of aromatic carboxylic acids is 1. The number of anilines is 1. The van der Waals surface area contributed by atoms with Crippen molar-refractivity contribution in [3.63, 3.8) is 0 Å². The van der Waals surface area contributed by atoms with Crippen molar-refractivity contribution >= 4 is 29.3 Å². The van der Waals surface area contributed by atoms with Gasteiger partial charge in [0.1, 0.15) is 11.3 Å². The van der Waals surface area contributed by atoms with Gasteiger partial charge in [-0.1, -0.05) is 24.9 Å². The predicted molar refractivity (Wildman–Crippen MR) is 81.5 cm³/mol. The largest absolute Gasteiger partial charge is 0.496 e. The van der Waals surface area contributed by atoms with E-state index in [9.17, 15) is 9.59 Å². The number of carboxylic acid groups (broad SMARTS) is 1. The molecule has 0 aliphatic heterocycles. The quantitative estimate of drug-likeness (QED) is 0.844. The van der Waals surface area contributed by atoms with Crippen LogP contribution in [0, 0.1) is 0 Å². The molecular weight excluding hydrogens is 296 g/mol. The molecule has 21 heavy (non-hydrogen) atoms. The molecule has 2 N–H and O–H groups in total. The van der Waals surface area contributed by atoms with Crippen LogP contribution in [0.3, 0.4) is 0 Å². The maximum atomic E-state index is 12.0. The van der Waals surface area contributed by atoms with Gasteiger partial charge in [-0.3, -0.25) is 0 Å². The predicted octanol–water partition coefficient (Wildman–Crippen LogP) is 3.31. The van der Waals surface area contributed by atoms with E-state index in [1.807, 2.05) is 6.92 Å². The average molecular weight is 315 g/mol. The summed E-state index contributed by atoms with van der Waals surface area (Å²) < 4.78 is 5.00. The molecule has 0 fully saturated rings. The Balaban J connectivity index is 2.93. The zero-order valence-corrected chi connectivity index (χ0v) is 13.0. The Morgan fingerprint density at radius 3 is 2.62 bits per heavy atom. The van der Waals surface area contributed by atoms with Gasteiger partial charge in [-0.25, -0.2) is 9.59 Å². The molecule has 2 amide bonds. The fourth-order valence-electron chi connectivity index (χ4n) is 1.69. The number of ether oxygens (including phenoxy) is 1. The lowest BCUT2D eigenvalue weighted by molar-refractivity contribution is 0.0693. The third-order valence-corrected chi connectivity index (χ3v) is 3.27. The van der Waals surface area contributed by atoms with Crippen LogP contribution in [0.1, 0.15) is 30.1 Å². The van der Waals surface area contributed by atoms with Gasteiger partial charge < -0.3 is 20.1 Å². The van der Waals surface area contributed by atoms with Crippen molar-refractivity contribution in [1.29, 1.82) is 0 Å². The van der Waals surface area contributed by atoms with Crippen LogP contribution in [-0.4, -0.2) is 42.7 Å². The first-order valence-corrected chi connectivity index (χ1v) is 6.91. The summed E-state index contributed by atoms with van der Waals surface area (Å²) in [6, 6.07) is 2.34. The van der Waals surface area contributed by atoms with Crippen LogP contribution < -0.4 is 10.1 Å². The van der Waals surface area contributed by atoms with E-state index in [1.54, 1.807) is 7.05 Å². The molecule has 0 saturated carbocycles. The highest BCUT2D eigenvalue weighted by molar-refractivity contribution is 6.34. The number of carboxylic acids is 1. The van der Waals surface area contributed by atoms with E-state index in [-0.39, 0.29) is 22.4 Å². The van der Waals surface area contributed by atoms with E-state index in [1.165, 1.54) is 24.1 Å². The van der Waals surface area contributed by atoms with Crippen molar-refractivity contribution in [2.24, 2.45) is 0 Å². The van der Waals surface area contributed by atoms with E-state index in [4.69, 9.17) is 21.4 Å². The highest BCUT2D eigenvalue weighted by atomic mass is 35.5. The molecule has 0 aliphatic carbocycles. The summed E-state index contributed by atoms with van der Waals surface area (Å²) in [5, 5.41) is 11.8. The molecule has 0 aromatic heterocycles. The van der Waals surface area contributed by atoms with Crippen molar-refractivity contribution in [3.8, 4) is 5.75 Å². The normalized spacial score (nSPS) is 10.1. The molecular formula is C14H19ClN2O4. The first kappa shape index (κ1) is 17.1. The lowest BCUT2D eigenvalue weighted by Gasteiger charge is -2.18. The number of unbranched alkanes of at least 4 members (excludes halogenated alkanes) is 1. The third kappa shape index (κ3) is 4.53. The summed E-state index contributed by atoms with van der Waals surface area (Å²) in [6.07, 6.45) is 1.89. The minimum absolute atomic E-state index is 0.0557. The SMILES string of the molecule is CCCCN(C)C(=O)Nc1cc(OC)c(C(=O)O)cc1Cl. The van der Waals surface area contributed by atoms with Crippen LogP contribution in [0.5, 0.6) is 5.75 Å². The van der Waals surface area contributed by atoms with Crippen LogP contribution in [0.15, 0.2) is 12.1 Å². The molecule has 116 valence electrons. The van der Waals surface area contributed by atoms with Crippen molar-refractivity contribution in [3.05, 3.63) is 22.7 Å². The molecule has 0 spiro atoms. The van der Waals surface area contributed by atoms with E-state index >= 15 is 0 Å². The number of methoxy groups -OCH3 is 1. The summed E-state index contributed by atoms with van der Waals surface area (Å²) in [7, 11) is 3.04. The molecule has 0 atom stereocenters. The Morgan fingerprint density at radius 2 is 2.10 bits per heavy atom. The van der Waals surface area contributed by atoms with Crippen molar-refractivity contribution in [1.82, 2.24) is 4.90 Å². The van der Waals surface area contributed by atoms with E-state index in [0.29, 0.717) is 12.2 Å². The van der Waals surface area contributed by atoms with Crippen molar-refractivity contribution in [2.45, 2.75) is 19.8 Å². The summed E-state index contributed by atoms with van der Waals surface area (Å²) in [5.74, 6) is -1.01. The number of halogens is 1. The molecule has 1 aromatic carbocycles. The molecule has 1 rings (SSSR count). The zero-order chi connectivity index (χ0) is 16.0. The highest BCUT2D eigenvalue weighted by Crippen LogP contribution is 2.31. The average Bonchev–Trinajstić information content (AvgIpc) is 2.45. The van der Waals surface area contributed by atoms with Gasteiger partial charge in [-0.15, -0.1) is 0 Å². The second kappa shape index (κ2) is 7.73. The summed E-state index contributed by atoms with van der Waals surface area (Å²) in [4.78, 5) is 24.6. The van der Waals surface area contributed by atoms with Gasteiger partial charge >= 0.3 is 12.0 Å². The van der Waals surface area contributed by atoms with Crippen LogP contribution in [0.2, 0.25) is 5.02 Å². The number of hydrogen-bond acceptors (Lipinski definition) is 3. The number of urea groups is 1. The molecule has 0 saturated heterocycles. The lowest BCUT2D eigenvalue weighted by atomic mass is 10.2. The number of carbonyl (C=O) groups is 2. The highest BCUT2D eigenvalue weighted by Gasteiger charge is 2.17. The Bertz CT molecular complexity index is 534. The number of carbonyl (C=O) groups excluding carboxylic acids is 1. The Kier molecular flexibility index (Phi) is 6.30. The Morgan fingerprint density at radius 1 is 1.43 bits per heavy atom. The molecule has 0 heterocycles. The van der Waals surface area contributed by atoms with Crippen LogP contribution in [-0.2, 0) is 0 Å². The molecule has 6 nitrogen and oxygen atoms in total. The van der Waals surface area contributed by atoms with Gasteiger partial charge in [0.2, 0.25) is 0 Å². The van der Waals surface area contributed by atoms with E-state index in [0.717, 1.165) is 12.8 Å². The lowest BCUT2D eigenvalue weighted by Crippen LogP contribution is -2.32. The molecule has 7 heteroatoms. The van der Waals surface area contributed by atoms with E-state index < -0.39 is 5.97 Å². The minimum atomic E-state index is -1.15. The van der Waals surface area contributed by atoms with Gasteiger partial charge in [-0.05, 0) is 12.5 Å². The standard InChI is InChI=1S/C14H19ClN2O4/c1-4-5-6-17(2)14(20)16-11-8-12(21-3)9(13(18)19)7-10(11)15/h7-8H,4-6H2,1-3H3,(H,16,20)(H,18,19). The number of amides is 2. The third-order valence-electron chi connectivity index (χ3n) is 2.95. The van der Waals surface area contributed by atoms with Crippen LogP contribution in [0.25, 0.3) is 0 Å². The van der Waals surface area contributed by atoms with Crippen LogP contribution >= 0.6 is 11.6 Å². The maximum Gasteiger partial charge on any atom is 0.339 e. The molecule has 0 aliphatic rings. The smallest absolute Gasteiger partial charge is 0.339 e. The second-order valence-electron chi connectivity index (χ2n) is 4.54. The minimum Gasteiger partial charge on any atom is -0.496 e. The second-order valence-corrected chi connectivity index (χ2v) is 4.95. The number of rotatable bonds is 6. The molecule has 1 aromatic rings. The van der Waals surface area contributed by atoms with Gasteiger partial charge in [0, 0.05) is 19.7 Å². The van der Waals surface area contributed by atoms with Gasteiger partial charge in [0.25, 0.3) is 0 Å². The maximum absolute atomic E-state index is 12.0. The number of benzene rings is 1. The summed E-state index contributed by atoms with van der Waals surface area (Å²) in [5.41, 5.74) is 0.256. The molecule has 0 bridgehead atoms. The number of hydrogen-bond donors (Lipinski definition) is 2. The fraction of sp³-hybridized carbons (Fsp3) is 0.429. The first-order valence-electron chi connectivity index (χ1n) is 6.53. The summed E-state index contributed by atoms with van der Waals surface area (Å²) in [6.45, 7) is 2.67. The first-order chi connectivity index (χ1) is 9.90. The zero-order valence-electron chi connectivity index (χ0n) is 12.3. The topological polar surface area (TPSA) is 78.9 Å². The van der Waals surface area contributed by atoms with Crippen molar-refractivity contribution in [2.75, 3.05) is 26.0 Å². The fourth-order valence-corrected chi connectivity index (χ4v) is 1.90.